The number of hydrogen-bond donors (Lipinski definition) is 0. The van der Waals surface area contributed by atoms with Crippen molar-refractivity contribution in [1.29, 1.82) is 0 Å². The molecule has 0 aliphatic rings. The second-order valence-electron chi connectivity index (χ2n) is 3.65. The van der Waals surface area contributed by atoms with Crippen LogP contribution in [0.4, 0.5) is 0 Å². The van der Waals surface area contributed by atoms with Crippen LogP contribution >= 0.6 is 0 Å². The van der Waals surface area contributed by atoms with Crippen LogP contribution in [-0.2, 0) is 4.74 Å². The van der Waals surface area contributed by atoms with Crippen molar-refractivity contribution in [1.82, 2.24) is 0 Å². The number of hydrogen-bond acceptors (Lipinski definition) is 1. The van der Waals surface area contributed by atoms with E-state index in [1.807, 2.05) is 50.2 Å². The van der Waals surface area contributed by atoms with Crippen LogP contribution in [0.1, 0.15) is 25.0 Å². The number of rotatable bonds is 0. The van der Waals surface area contributed by atoms with E-state index in [1.165, 1.54) is 11.1 Å². The molecule has 1 nitrogen and oxygen atoms in total. The molecule has 2 aromatic carbocycles. The highest BCUT2D eigenvalue weighted by Gasteiger charge is 1.83. The lowest BCUT2D eigenvalue weighted by Crippen LogP contribution is -1.74. The average Bonchev–Trinajstić information content (AvgIpc) is 2.48. The van der Waals surface area contributed by atoms with E-state index in [9.17, 15) is 0 Å². The second kappa shape index (κ2) is 16.4. The van der Waals surface area contributed by atoms with Crippen LogP contribution < -0.4 is 0 Å². The zero-order valence-electron chi connectivity index (χ0n) is 13.2. The Morgan fingerprint density at radius 2 is 0.789 bits per heavy atom. The summed E-state index contributed by atoms with van der Waals surface area (Å²) in [6.45, 7) is 8.24. The largest absolute Gasteiger partial charge is 0.388 e. The molecule has 0 unspecified atom stereocenters. The van der Waals surface area contributed by atoms with E-state index in [2.05, 4.69) is 42.8 Å². The maximum atomic E-state index is 4.25. The Morgan fingerprint density at radius 3 is 0.947 bits per heavy atom. The summed E-state index contributed by atoms with van der Waals surface area (Å²) in [4.78, 5) is 0. The fourth-order valence-corrected chi connectivity index (χ4v) is 1.05. The normalized spacial score (nSPS) is 7.68. The van der Waals surface area contributed by atoms with Gasteiger partial charge in [-0.05, 0) is 25.0 Å². The molecular formula is C18H28O. The predicted molar refractivity (Wildman–Crippen MR) is 86.6 cm³/mol. The first-order chi connectivity index (χ1) is 9.22. The van der Waals surface area contributed by atoms with Gasteiger partial charge in [0.15, 0.2) is 0 Å². The molecular weight excluding hydrogens is 232 g/mol. The summed E-state index contributed by atoms with van der Waals surface area (Å²) in [7, 11) is 3.25. The van der Waals surface area contributed by atoms with Gasteiger partial charge in [-0.25, -0.2) is 0 Å². The molecule has 2 rings (SSSR count). The predicted octanol–water partition coefficient (Wildman–Crippen LogP) is 5.28. The van der Waals surface area contributed by atoms with Crippen molar-refractivity contribution in [3.8, 4) is 0 Å². The van der Waals surface area contributed by atoms with Gasteiger partial charge in [0.25, 0.3) is 0 Å². The van der Waals surface area contributed by atoms with Crippen LogP contribution in [0.25, 0.3) is 0 Å². The molecule has 0 fully saturated rings. The maximum Gasteiger partial charge on any atom is 0.0351 e. The lowest BCUT2D eigenvalue weighted by atomic mass is 10.1. The summed E-state index contributed by atoms with van der Waals surface area (Å²) in [5, 5.41) is 0. The number of benzene rings is 2. The summed E-state index contributed by atoms with van der Waals surface area (Å²) in [6, 6.07) is 20.4. The molecule has 1 heteroatoms. The van der Waals surface area contributed by atoms with Crippen LogP contribution in [0.15, 0.2) is 60.7 Å². The van der Waals surface area contributed by atoms with Gasteiger partial charge < -0.3 is 4.74 Å². The molecule has 0 heterocycles. The minimum Gasteiger partial charge on any atom is -0.388 e. The highest BCUT2D eigenvalue weighted by atomic mass is 16.4. The molecule has 0 saturated carbocycles. The van der Waals surface area contributed by atoms with Gasteiger partial charge in [-0.1, -0.05) is 74.5 Å². The summed E-state index contributed by atoms with van der Waals surface area (Å²) in [5.74, 6) is 0. The van der Waals surface area contributed by atoms with E-state index >= 15 is 0 Å². The van der Waals surface area contributed by atoms with Gasteiger partial charge in [0, 0.05) is 14.2 Å². The minimum atomic E-state index is 1.37. The lowest BCUT2D eigenvalue weighted by molar-refractivity contribution is 0.277. The SMILES string of the molecule is CC.COC.Cc1ccccc1C.c1ccccc1. The van der Waals surface area contributed by atoms with Gasteiger partial charge in [0.1, 0.15) is 0 Å². The first-order valence-corrected chi connectivity index (χ1v) is 6.64. The average molecular weight is 260 g/mol. The third-order valence-corrected chi connectivity index (χ3v) is 2.09. The topological polar surface area (TPSA) is 9.23 Å². The van der Waals surface area contributed by atoms with Crippen molar-refractivity contribution in [3.63, 3.8) is 0 Å². The Bertz CT molecular complexity index is 321. The third kappa shape index (κ3) is 14.3. The van der Waals surface area contributed by atoms with E-state index < -0.39 is 0 Å². The van der Waals surface area contributed by atoms with Gasteiger partial charge in [-0.2, -0.15) is 0 Å². The van der Waals surface area contributed by atoms with Crippen molar-refractivity contribution in [3.05, 3.63) is 71.8 Å². The summed E-state index contributed by atoms with van der Waals surface area (Å²) >= 11 is 0. The Kier molecular flexibility index (Phi) is 17.0. The Labute approximate surface area is 119 Å². The third-order valence-electron chi connectivity index (χ3n) is 2.09. The van der Waals surface area contributed by atoms with E-state index in [0.717, 1.165) is 0 Å². The van der Waals surface area contributed by atoms with Crippen molar-refractivity contribution in [2.24, 2.45) is 0 Å². The van der Waals surface area contributed by atoms with Crippen molar-refractivity contribution in [2.75, 3.05) is 14.2 Å². The zero-order chi connectivity index (χ0) is 14.9. The van der Waals surface area contributed by atoms with Crippen LogP contribution in [-0.4, -0.2) is 14.2 Å². The standard InChI is InChI=1S/C8H10.C6H6.C2H6O.C2H6/c1-7-5-3-4-6-8(7)2;1-2-4-6-5-3-1;1-3-2;1-2/h3-6H,1-2H3;1-6H;1-2H3;1-2H3. The first-order valence-electron chi connectivity index (χ1n) is 6.64. The molecule has 0 bridgehead atoms. The summed E-state index contributed by atoms with van der Waals surface area (Å²) in [5.41, 5.74) is 2.74. The molecule has 0 aliphatic heterocycles. The quantitative estimate of drug-likeness (QED) is 0.626. The Balaban J connectivity index is 0. The van der Waals surface area contributed by atoms with Crippen molar-refractivity contribution < 1.29 is 4.74 Å². The highest BCUT2D eigenvalue weighted by molar-refractivity contribution is 5.23. The van der Waals surface area contributed by atoms with E-state index in [0.29, 0.717) is 0 Å². The lowest BCUT2D eigenvalue weighted by Gasteiger charge is -1.93. The number of aryl methyl sites for hydroxylation is 2. The van der Waals surface area contributed by atoms with Gasteiger partial charge >= 0.3 is 0 Å². The molecule has 0 saturated heterocycles. The minimum absolute atomic E-state index is 1.37. The maximum absolute atomic E-state index is 4.25. The molecule has 0 aromatic heterocycles. The highest BCUT2D eigenvalue weighted by Crippen LogP contribution is 2.02. The summed E-state index contributed by atoms with van der Waals surface area (Å²) < 4.78 is 4.25. The molecule has 0 amide bonds. The van der Waals surface area contributed by atoms with Crippen molar-refractivity contribution >= 4 is 0 Å². The molecule has 0 radical (unpaired) electrons. The molecule has 2 aromatic rings. The Hall–Kier alpha value is -1.60. The number of methoxy groups -OCH3 is 1. The van der Waals surface area contributed by atoms with Crippen LogP contribution in [0.3, 0.4) is 0 Å². The second-order valence-corrected chi connectivity index (χ2v) is 3.65. The number of ether oxygens (including phenoxy) is 1. The van der Waals surface area contributed by atoms with Crippen LogP contribution in [0.5, 0.6) is 0 Å². The van der Waals surface area contributed by atoms with Crippen LogP contribution in [0.2, 0.25) is 0 Å². The monoisotopic (exact) mass is 260 g/mol. The van der Waals surface area contributed by atoms with Gasteiger partial charge in [-0.3, -0.25) is 0 Å². The van der Waals surface area contributed by atoms with Gasteiger partial charge in [0.2, 0.25) is 0 Å². The van der Waals surface area contributed by atoms with Crippen LogP contribution in [0, 0.1) is 13.8 Å². The first kappa shape index (κ1) is 19.7. The smallest absolute Gasteiger partial charge is 0.0351 e. The summed E-state index contributed by atoms with van der Waals surface area (Å²) in [6.07, 6.45) is 0. The van der Waals surface area contributed by atoms with E-state index in [4.69, 9.17) is 0 Å². The van der Waals surface area contributed by atoms with Gasteiger partial charge in [0.05, 0.1) is 0 Å². The van der Waals surface area contributed by atoms with E-state index in [-0.39, 0.29) is 0 Å². The van der Waals surface area contributed by atoms with Gasteiger partial charge in [-0.15, -0.1) is 0 Å². The van der Waals surface area contributed by atoms with Crippen molar-refractivity contribution in [2.45, 2.75) is 27.7 Å². The molecule has 0 aliphatic carbocycles. The molecule has 0 atom stereocenters. The zero-order valence-corrected chi connectivity index (χ0v) is 13.2. The molecule has 19 heavy (non-hydrogen) atoms. The molecule has 0 spiro atoms. The Morgan fingerprint density at radius 1 is 0.579 bits per heavy atom. The van der Waals surface area contributed by atoms with E-state index in [1.54, 1.807) is 14.2 Å². The fraction of sp³-hybridized carbons (Fsp3) is 0.333. The molecule has 106 valence electrons. The fourth-order valence-electron chi connectivity index (χ4n) is 1.05. The molecule has 0 N–H and O–H groups in total.